The Balaban J connectivity index is 0.994. The number of aromatic amines is 2. The number of hydrogen-bond donors (Lipinski definition) is 5. The van der Waals surface area contributed by atoms with E-state index in [9.17, 15) is 28.6 Å². The summed E-state index contributed by atoms with van der Waals surface area (Å²) >= 11 is 0. The van der Waals surface area contributed by atoms with Crippen LogP contribution in [-0.2, 0) is 39.3 Å². The number of nitrogens with one attached hydrogen (secondary N) is 3. The van der Waals surface area contributed by atoms with E-state index in [1.165, 1.54) is 26.4 Å². The lowest BCUT2D eigenvalue weighted by Crippen LogP contribution is -2.49. The number of hydrogen-bond acceptors (Lipinski definition) is 12. The zero-order valence-corrected chi connectivity index (χ0v) is 36.7. The normalized spacial score (nSPS) is 18.5. The summed E-state index contributed by atoms with van der Waals surface area (Å²) in [5.41, 5.74) is 11.3. The van der Waals surface area contributed by atoms with Crippen molar-refractivity contribution in [3.05, 3.63) is 102 Å². The van der Waals surface area contributed by atoms with Crippen LogP contribution in [0.25, 0.3) is 33.6 Å². The second kappa shape index (κ2) is 19.9. The SMILES string of the molecule is COC(=O)N[C@@H](Cc1ccc(OP(=O)(O)OC)cc1)C(=O)N1CCC[C@H]1c1ncc(-c2ccc(-c3ccc(-c4cnc([C@@H]5CCCN5C(=O)[C@@H](OC(N)=O)[C@@H](C)OC)[nH]4)cc3)cc2)[nH]1. The number of rotatable bonds is 16. The maximum absolute atomic E-state index is 14.1. The van der Waals surface area contributed by atoms with E-state index in [2.05, 4.69) is 29.8 Å². The average molecular weight is 899 g/mol. The van der Waals surface area contributed by atoms with Gasteiger partial charge in [0.25, 0.3) is 5.91 Å². The summed E-state index contributed by atoms with van der Waals surface area (Å²) in [5, 5.41) is 2.66. The van der Waals surface area contributed by atoms with Gasteiger partial charge in [0, 0.05) is 33.7 Å². The predicted molar refractivity (Wildman–Crippen MR) is 232 cm³/mol. The summed E-state index contributed by atoms with van der Waals surface area (Å²) in [6.45, 7) is 2.59. The van der Waals surface area contributed by atoms with Gasteiger partial charge in [0.05, 0.1) is 43.0 Å². The number of phosphoric ester groups is 1. The summed E-state index contributed by atoms with van der Waals surface area (Å²) in [7, 11) is -0.526. The number of imidazole rings is 2. The first kappa shape index (κ1) is 45.5. The molecule has 2 aliphatic heterocycles. The largest absolute Gasteiger partial charge is 0.527 e. The predicted octanol–water partition coefficient (Wildman–Crippen LogP) is 6.05. The Kier molecular flexibility index (Phi) is 14.1. The molecule has 338 valence electrons. The van der Waals surface area contributed by atoms with Gasteiger partial charge in [-0.2, -0.15) is 0 Å². The molecule has 6 atom stereocenters. The molecule has 64 heavy (non-hydrogen) atoms. The summed E-state index contributed by atoms with van der Waals surface area (Å²) in [5.74, 6) is 0.674. The lowest BCUT2D eigenvalue weighted by atomic mass is 10.0. The summed E-state index contributed by atoms with van der Waals surface area (Å²) < 4.78 is 36.5. The number of likely N-dealkylation sites (tertiary alicyclic amines) is 2. The molecule has 20 heteroatoms. The molecule has 0 radical (unpaired) electrons. The fourth-order valence-electron chi connectivity index (χ4n) is 8.07. The van der Waals surface area contributed by atoms with Gasteiger partial charge < -0.3 is 49.6 Å². The molecule has 7 rings (SSSR count). The highest BCUT2D eigenvalue weighted by Gasteiger charge is 2.40. The monoisotopic (exact) mass is 898 g/mol. The second-order valence-corrected chi connectivity index (χ2v) is 17.0. The minimum absolute atomic E-state index is 0.104. The molecule has 19 nitrogen and oxygen atoms in total. The van der Waals surface area contributed by atoms with Crippen molar-refractivity contribution in [1.29, 1.82) is 0 Å². The third-order valence-electron chi connectivity index (χ3n) is 11.5. The van der Waals surface area contributed by atoms with Crippen LogP contribution in [0.15, 0.2) is 85.2 Å². The molecular weight excluding hydrogens is 848 g/mol. The van der Waals surface area contributed by atoms with Crippen molar-refractivity contribution in [2.75, 3.05) is 34.4 Å². The number of carbonyl (C=O) groups is 4. The van der Waals surface area contributed by atoms with Crippen LogP contribution in [0.5, 0.6) is 5.75 Å². The van der Waals surface area contributed by atoms with Crippen molar-refractivity contribution in [3.63, 3.8) is 0 Å². The van der Waals surface area contributed by atoms with Crippen LogP contribution in [0.1, 0.15) is 61.9 Å². The minimum Gasteiger partial charge on any atom is -0.453 e. The number of ether oxygens (including phenoxy) is 3. The summed E-state index contributed by atoms with van der Waals surface area (Å²) in [6, 6.07) is 20.7. The van der Waals surface area contributed by atoms with Crippen LogP contribution in [0.4, 0.5) is 9.59 Å². The Labute approximate surface area is 369 Å². The maximum atomic E-state index is 14.1. The van der Waals surface area contributed by atoms with Gasteiger partial charge in [0.15, 0.2) is 0 Å². The Hall–Kier alpha value is -6.53. The Morgan fingerprint density at radius 2 is 1.30 bits per heavy atom. The van der Waals surface area contributed by atoms with Crippen molar-refractivity contribution in [3.8, 4) is 39.4 Å². The molecule has 4 heterocycles. The quantitative estimate of drug-likeness (QED) is 0.0708. The Morgan fingerprint density at radius 3 is 1.77 bits per heavy atom. The zero-order chi connectivity index (χ0) is 45.5. The molecule has 0 saturated carbocycles. The van der Waals surface area contributed by atoms with Gasteiger partial charge in [-0.25, -0.2) is 24.1 Å². The first-order valence-electron chi connectivity index (χ1n) is 20.7. The van der Waals surface area contributed by atoms with Gasteiger partial charge >= 0.3 is 20.0 Å². The second-order valence-electron chi connectivity index (χ2n) is 15.5. The van der Waals surface area contributed by atoms with E-state index in [0.29, 0.717) is 43.1 Å². The molecular formula is C44H51N8O11P. The zero-order valence-electron chi connectivity index (χ0n) is 35.8. The molecule has 0 aliphatic carbocycles. The van der Waals surface area contributed by atoms with E-state index in [1.54, 1.807) is 41.2 Å². The highest BCUT2D eigenvalue weighted by Crippen LogP contribution is 2.43. The fraction of sp³-hybridized carbons (Fsp3) is 0.364. The molecule has 0 bridgehead atoms. The smallest absolute Gasteiger partial charge is 0.453 e. The van der Waals surface area contributed by atoms with E-state index >= 15 is 0 Å². The van der Waals surface area contributed by atoms with Gasteiger partial charge in [0.1, 0.15) is 29.5 Å². The number of H-pyrrole nitrogens is 2. The van der Waals surface area contributed by atoms with Gasteiger partial charge in [0.2, 0.25) is 12.0 Å². The number of nitrogens with zero attached hydrogens (tertiary/aromatic N) is 4. The molecule has 4 amide bonds. The Bertz CT molecular complexity index is 2480. The number of amides is 4. The molecule has 2 saturated heterocycles. The topological polar surface area (TPSA) is 254 Å². The third kappa shape index (κ3) is 10.5. The molecule has 2 aliphatic rings. The number of primary amides is 1. The van der Waals surface area contributed by atoms with E-state index < -0.39 is 38.3 Å². The first-order chi connectivity index (χ1) is 30.8. The van der Waals surface area contributed by atoms with Gasteiger partial charge in [-0.1, -0.05) is 60.7 Å². The number of phosphoric acid groups is 1. The summed E-state index contributed by atoms with van der Waals surface area (Å²) in [4.78, 5) is 80.5. The molecule has 6 N–H and O–H groups in total. The van der Waals surface area contributed by atoms with Crippen molar-refractivity contribution in [2.24, 2.45) is 5.73 Å². The lowest BCUT2D eigenvalue weighted by molar-refractivity contribution is -0.148. The van der Waals surface area contributed by atoms with Crippen molar-refractivity contribution in [2.45, 2.75) is 69.4 Å². The molecule has 3 aromatic carbocycles. The number of benzene rings is 3. The van der Waals surface area contributed by atoms with Crippen LogP contribution in [-0.4, -0.2) is 111 Å². The van der Waals surface area contributed by atoms with Crippen LogP contribution in [0.2, 0.25) is 0 Å². The lowest BCUT2D eigenvalue weighted by Gasteiger charge is -2.29. The number of methoxy groups -OCH3 is 2. The molecule has 2 fully saturated rings. The fourth-order valence-corrected chi connectivity index (χ4v) is 8.54. The van der Waals surface area contributed by atoms with Gasteiger partial charge in [-0.05, 0) is 72.6 Å². The van der Waals surface area contributed by atoms with Crippen LogP contribution in [0, 0.1) is 0 Å². The number of nitrogens with two attached hydrogens (primary N) is 1. The highest BCUT2D eigenvalue weighted by molar-refractivity contribution is 7.47. The van der Waals surface area contributed by atoms with Crippen molar-refractivity contribution in [1.82, 2.24) is 35.1 Å². The first-order valence-corrected chi connectivity index (χ1v) is 22.2. The highest BCUT2D eigenvalue weighted by atomic mass is 31.2. The van der Waals surface area contributed by atoms with E-state index in [4.69, 9.17) is 24.5 Å². The van der Waals surface area contributed by atoms with Crippen molar-refractivity contribution < 1.29 is 51.9 Å². The van der Waals surface area contributed by atoms with Crippen LogP contribution < -0.4 is 15.6 Å². The van der Waals surface area contributed by atoms with E-state index in [0.717, 1.165) is 53.6 Å². The number of aromatic nitrogens is 4. The van der Waals surface area contributed by atoms with Crippen LogP contribution >= 0.6 is 7.82 Å². The number of carbonyl (C=O) groups excluding carboxylic acids is 4. The van der Waals surface area contributed by atoms with Crippen molar-refractivity contribution >= 4 is 31.8 Å². The maximum Gasteiger partial charge on any atom is 0.527 e. The molecule has 0 spiro atoms. The Morgan fingerprint density at radius 1 is 0.797 bits per heavy atom. The third-order valence-corrected chi connectivity index (χ3v) is 12.4. The standard InChI is InChI=1S/C44H51N8O11P/c1-26(59-2)38(62-43(45)55)42(54)52-22-6-8-37(52)40-47-25-35(49-40)31-17-13-29(14-18-31)28-11-15-30(16-12-28)34-24-46-39(48-34)36-7-5-21-51(36)41(53)33(50-44(56)60-3)23-27-9-19-32(20-10-27)63-64(57,58)61-4/h9-20,24-26,33,36-38H,5-8,21-23H2,1-4H3,(H2,45,55)(H,46,48)(H,47,49)(H,50,56)(H,57,58)/t26-,33+,36+,37+,38+/m1/s1. The molecule has 5 aromatic rings. The van der Waals surface area contributed by atoms with Gasteiger partial charge in [-0.3, -0.25) is 19.0 Å². The minimum atomic E-state index is -4.25. The van der Waals surface area contributed by atoms with E-state index in [1.807, 2.05) is 48.5 Å². The summed E-state index contributed by atoms with van der Waals surface area (Å²) in [6.07, 6.45) is 2.82. The van der Waals surface area contributed by atoms with Crippen LogP contribution in [0.3, 0.4) is 0 Å². The molecule has 1 unspecified atom stereocenters. The average Bonchev–Trinajstić information content (AvgIpc) is 4.15. The number of alkyl carbamates (subject to hydrolysis) is 1. The molecule has 2 aromatic heterocycles. The van der Waals surface area contributed by atoms with E-state index in [-0.39, 0.29) is 36.1 Å². The van der Waals surface area contributed by atoms with Gasteiger partial charge in [-0.15, -0.1) is 0 Å².